The van der Waals surface area contributed by atoms with Gasteiger partial charge in [0.1, 0.15) is 5.75 Å². The van der Waals surface area contributed by atoms with E-state index in [9.17, 15) is 18.0 Å². The highest BCUT2D eigenvalue weighted by atomic mass is 19.4. The maximum absolute atomic E-state index is 14.3. The Morgan fingerprint density at radius 2 is 1.96 bits per heavy atom. The molecule has 0 aliphatic carbocycles. The lowest BCUT2D eigenvalue weighted by Crippen LogP contribution is -2.51. The second-order valence-electron chi connectivity index (χ2n) is 7.77. The number of hydrogen-bond acceptors (Lipinski definition) is 3. The molecule has 1 atom stereocenters. The fourth-order valence-corrected chi connectivity index (χ4v) is 3.63. The topological polar surface area (TPSA) is 41.6 Å². The molecule has 1 unspecified atom stereocenters. The van der Waals surface area contributed by atoms with Crippen LogP contribution in [0.4, 0.5) is 13.2 Å². The van der Waals surface area contributed by atoms with Crippen LogP contribution in [-0.2, 0) is 4.79 Å². The number of carbonyl (C=O) groups is 1. The van der Waals surface area contributed by atoms with Crippen LogP contribution in [0.2, 0.25) is 0 Å². The molecule has 0 saturated carbocycles. The number of unbranched alkanes of at least 4 members (excludes halogenated alkanes) is 1. The second-order valence-corrected chi connectivity index (χ2v) is 7.77. The van der Waals surface area contributed by atoms with Gasteiger partial charge in [-0.3, -0.25) is 10.2 Å². The lowest BCUT2D eigenvalue weighted by Gasteiger charge is -2.38. The molecular weight excluding hydrogens is 369 g/mol. The SMILES string of the molecule is CCCCOc1cc(C(N2NC(=O)CC2(C)C)C(F)(F)F)c2ccccc2c1. The fourth-order valence-electron chi connectivity index (χ4n) is 3.63. The zero-order chi connectivity index (χ0) is 20.5. The van der Waals surface area contributed by atoms with Gasteiger partial charge in [-0.05, 0) is 48.7 Å². The van der Waals surface area contributed by atoms with Gasteiger partial charge in [-0.15, -0.1) is 0 Å². The van der Waals surface area contributed by atoms with Crippen molar-refractivity contribution < 1.29 is 22.7 Å². The first-order valence-electron chi connectivity index (χ1n) is 9.44. The van der Waals surface area contributed by atoms with E-state index >= 15 is 0 Å². The van der Waals surface area contributed by atoms with Crippen molar-refractivity contribution in [3.8, 4) is 5.75 Å². The second kappa shape index (κ2) is 7.62. The van der Waals surface area contributed by atoms with E-state index in [2.05, 4.69) is 5.43 Å². The molecule has 0 bridgehead atoms. The highest BCUT2D eigenvalue weighted by Gasteiger charge is 2.53. The summed E-state index contributed by atoms with van der Waals surface area (Å²) in [6.45, 7) is 5.73. The van der Waals surface area contributed by atoms with Crippen LogP contribution in [0.1, 0.15) is 51.6 Å². The minimum atomic E-state index is -4.58. The van der Waals surface area contributed by atoms with Crippen LogP contribution in [-0.4, -0.2) is 29.2 Å². The average molecular weight is 394 g/mol. The van der Waals surface area contributed by atoms with Crippen molar-refractivity contribution in [3.63, 3.8) is 0 Å². The number of nitrogens with one attached hydrogen (secondary N) is 1. The highest BCUT2D eigenvalue weighted by molar-refractivity contribution is 5.88. The molecule has 1 fully saturated rings. The van der Waals surface area contributed by atoms with Crippen molar-refractivity contribution in [2.24, 2.45) is 0 Å². The molecule has 0 spiro atoms. The summed E-state index contributed by atoms with van der Waals surface area (Å²) in [7, 11) is 0. The maximum atomic E-state index is 14.3. The number of rotatable bonds is 6. The number of nitrogens with zero attached hydrogens (tertiary/aromatic N) is 1. The van der Waals surface area contributed by atoms with Gasteiger partial charge in [0.2, 0.25) is 5.91 Å². The monoisotopic (exact) mass is 394 g/mol. The molecule has 152 valence electrons. The first kappa shape index (κ1) is 20.5. The van der Waals surface area contributed by atoms with Crippen LogP contribution in [0.15, 0.2) is 36.4 Å². The molecule has 2 aromatic carbocycles. The lowest BCUT2D eigenvalue weighted by molar-refractivity contribution is -0.203. The minimum Gasteiger partial charge on any atom is -0.494 e. The van der Waals surface area contributed by atoms with Crippen LogP contribution >= 0.6 is 0 Å². The molecule has 3 rings (SSSR count). The highest BCUT2D eigenvalue weighted by Crippen LogP contribution is 2.45. The number of alkyl halides is 3. The quantitative estimate of drug-likeness (QED) is 0.690. The molecule has 4 nitrogen and oxygen atoms in total. The van der Waals surface area contributed by atoms with Crippen molar-refractivity contribution in [1.82, 2.24) is 10.4 Å². The molecule has 1 amide bonds. The molecule has 7 heteroatoms. The van der Waals surface area contributed by atoms with Gasteiger partial charge in [0, 0.05) is 12.0 Å². The molecule has 28 heavy (non-hydrogen) atoms. The Hall–Kier alpha value is -2.28. The van der Waals surface area contributed by atoms with Gasteiger partial charge in [-0.25, -0.2) is 0 Å². The number of benzene rings is 2. The molecule has 0 aromatic heterocycles. The third-order valence-corrected chi connectivity index (χ3v) is 4.99. The first-order valence-corrected chi connectivity index (χ1v) is 9.44. The van der Waals surface area contributed by atoms with Gasteiger partial charge in [0.05, 0.1) is 6.61 Å². The number of hydrogen-bond donors (Lipinski definition) is 1. The van der Waals surface area contributed by atoms with Crippen molar-refractivity contribution in [2.45, 2.75) is 57.8 Å². The van der Waals surface area contributed by atoms with E-state index in [1.807, 2.05) is 6.92 Å². The fraction of sp³-hybridized carbons (Fsp3) is 0.476. The number of fused-ring (bicyclic) bond motifs is 1. The molecule has 1 heterocycles. The normalized spacial score (nSPS) is 18.3. The van der Waals surface area contributed by atoms with E-state index in [1.54, 1.807) is 44.2 Å². The van der Waals surface area contributed by atoms with E-state index in [-0.39, 0.29) is 12.0 Å². The van der Waals surface area contributed by atoms with Gasteiger partial charge in [-0.1, -0.05) is 37.6 Å². The van der Waals surface area contributed by atoms with E-state index in [0.717, 1.165) is 17.9 Å². The van der Waals surface area contributed by atoms with Gasteiger partial charge in [0.25, 0.3) is 0 Å². The summed E-state index contributed by atoms with van der Waals surface area (Å²) in [5.41, 5.74) is 1.52. The molecular formula is C21H25F3N2O2. The standard InChI is InChI=1S/C21H25F3N2O2/c1-4-5-10-28-15-11-14-8-6-7-9-16(14)17(12-15)19(21(22,23)24)26-20(2,3)13-18(27)25-26/h6-9,11-12,19H,4-5,10,13H2,1-3H3,(H,25,27). The van der Waals surface area contributed by atoms with Crippen molar-refractivity contribution in [1.29, 1.82) is 0 Å². The molecule has 1 aliphatic heterocycles. The summed E-state index contributed by atoms with van der Waals surface area (Å²) >= 11 is 0. The minimum absolute atomic E-state index is 0.00417. The lowest BCUT2D eigenvalue weighted by atomic mass is 9.93. The zero-order valence-corrected chi connectivity index (χ0v) is 16.3. The van der Waals surface area contributed by atoms with Crippen LogP contribution in [0, 0.1) is 0 Å². The van der Waals surface area contributed by atoms with E-state index in [4.69, 9.17) is 4.74 Å². The van der Waals surface area contributed by atoms with Crippen LogP contribution in [0.3, 0.4) is 0 Å². The number of carbonyl (C=O) groups excluding carboxylic acids is 1. The smallest absolute Gasteiger partial charge is 0.409 e. The summed E-state index contributed by atoms with van der Waals surface area (Å²) < 4.78 is 48.5. The predicted octanol–water partition coefficient (Wildman–Crippen LogP) is 5.14. The zero-order valence-electron chi connectivity index (χ0n) is 16.3. The van der Waals surface area contributed by atoms with Crippen LogP contribution in [0.5, 0.6) is 5.75 Å². The Morgan fingerprint density at radius 3 is 2.57 bits per heavy atom. The Morgan fingerprint density at radius 1 is 1.25 bits per heavy atom. The molecule has 2 aromatic rings. The largest absolute Gasteiger partial charge is 0.494 e. The Bertz CT molecular complexity index is 864. The summed E-state index contributed by atoms with van der Waals surface area (Å²) in [6.07, 6.45) is -2.83. The van der Waals surface area contributed by atoms with Gasteiger partial charge >= 0.3 is 6.18 Å². The Labute approximate surface area is 162 Å². The Balaban J connectivity index is 2.15. The summed E-state index contributed by atoms with van der Waals surface area (Å²) in [4.78, 5) is 11.9. The third-order valence-electron chi connectivity index (χ3n) is 4.99. The van der Waals surface area contributed by atoms with Gasteiger partial charge < -0.3 is 4.74 Å². The van der Waals surface area contributed by atoms with Crippen LogP contribution in [0.25, 0.3) is 10.8 Å². The van der Waals surface area contributed by atoms with E-state index < -0.39 is 23.7 Å². The molecule has 0 radical (unpaired) electrons. The average Bonchev–Trinajstić information content (AvgIpc) is 2.86. The van der Waals surface area contributed by atoms with Gasteiger partial charge in [0.15, 0.2) is 6.04 Å². The van der Waals surface area contributed by atoms with Crippen molar-refractivity contribution >= 4 is 16.7 Å². The molecule has 1 saturated heterocycles. The van der Waals surface area contributed by atoms with E-state index in [1.165, 1.54) is 6.07 Å². The Kier molecular flexibility index (Phi) is 5.57. The predicted molar refractivity (Wildman–Crippen MR) is 102 cm³/mol. The summed E-state index contributed by atoms with van der Waals surface area (Å²) in [5, 5.41) is 2.20. The van der Waals surface area contributed by atoms with Crippen LogP contribution < -0.4 is 10.2 Å². The number of ether oxygens (including phenoxy) is 1. The maximum Gasteiger partial charge on any atom is 0.409 e. The number of halogens is 3. The number of hydrazine groups is 1. The first-order chi connectivity index (χ1) is 13.1. The van der Waals surface area contributed by atoms with Crippen molar-refractivity contribution in [2.75, 3.05) is 6.61 Å². The molecule has 1 aliphatic rings. The van der Waals surface area contributed by atoms with E-state index in [0.29, 0.717) is 23.1 Å². The number of amides is 1. The third kappa shape index (κ3) is 4.09. The van der Waals surface area contributed by atoms with Crippen molar-refractivity contribution in [3.05, 3.63) is 42.0 Å². The molecule has 1 N–H and O–H groups in total. The summed E-state index contributed by atoms with van der Waals surface area (Å²) in [5.74, 6) is -0.0152. The summed E-state index contributed by atoms with van der Waals surface area (Å²) in [6, 6.07) is 8.17. The van der Waals surface area contributed by atoms with Gasteiger partial charge in [-0.2, -0.15) is 18.2 Å².